The Morgan fingerprint density at radius 2 is 1.97 bits per heavy atom. The highest BCUT2D eigenvalue weighted by Crippen LogP contribution is 2.32. The van der Waals surface area contributed by atoms with E-state index in [0.717, 1.165) is 49.1 Å². The van der Waals surface area contributed by atoms with Crippen LogP contribution in [0.25, 0.3) is 5.65 Å². The molecule has 5 amide bonds. The van der Waals surface area contributed by atoms with Crippen LogP contribution in [-0.4, -0.2) is 73.8 Å². The van der Waals surface area contributed by atoms with Crippen molar-refractivity contribution in [3.05, 3.63) is 29.7 Å². The zero-order valence-corrected chi connectivity index (χ0v) is 19.0. The second kappa shape index (κ2) is 9.40. The van der Waals surface area contributed by atoms with Gasteiger partial charge >= 0.3 is 6.03 Å². The molecule has 11 nitrogen and oxygen atoms in total. The van der Waals surface area contributed by atoms with Crippen LogP contribution in [0.15, 0.2) is 18.5 Å². The van der Waals surface area contributed by atoms with E-state index < -0.39 is 6.03 Å². The molecule has 3 fully saturated rings. The third kappa shape index (κ3) is 4.22. The lowest BCUT2D eigenvalue weighted by atomic mass is 10.1. The van der Waals surface area contributed by atoms with Gasteiger partial charge in [-0.25, -0.2) is 14.3 Å². The third-order valence-electron chi connectivity index (χ3n) is 6.99. The van der Waals surface area contributed by atoms with Gasteiger partial charge in [-0.3, -0.25) is 19.3 Å². The lowest BCUT2D eigenvalue weighted by Gasteiger charge is -2.28. The summed E-state index contributed by atoms with van der Waals surface area (Å²) in [5, 5.41) is 10.2. The van der Waals surface area contributed by atoms with Crippen molar-refractivity contribution in [1.29, 1.82) is 0 Å². The lowest BCUT2D eigenvalue weighted by molar-refractivity contribution is -0.133. The molecule has 1 atom stereocenters. The third-order valence-corrected chi connectivity index (χ3v) is 6.99. The van der Waals surface area contributed by atoms with E-state index in [2.05, 4.69) is 20.7 Å². The molecule has 2 aromatic heterocycles. The number of imide groups is 1. The summed E-state index contributed by atoms with van der Waals surface area (Å²) in [6.07, 6.45) is 9.34. The van der Waals surface area contributed by atoms with Gasteiger partial charge in [-0.15, -0.1) is 0 Å². The molecule has 0 spiro atoms. The van der Waals surface area contributed by atoms with Crippen molar-refractivity contribution in [3.63, 3.8) is 0 Å². The largest absolute Gasteiger partial charge is 0.349 e. The van der Waals surface area contributed by atoms with Gasteiger partial charge in [-0.2, -0.15) is 5.10 Å². The first-order valence-electron chi connectivity index (χ1n) is 12.0. The Kier molecular flexibility index (Phi) is 6.16. The second-order valence-corrected chi connectivity index (χ2v) is 9.14. The SMILES string of the molecule is O=C(NC1CCCC1)c1cnn2c(C3CCCN3C(=O)CCN3C(=O)CCNC3=O)ccnc12. The van der Waals surface area contributed by atoms with Crippen molar-refractivity contribution < 1.29 is 19.2 Å². The number of likely N-dealkylation sites (tertiary alicyclic amines) is 1. The zero-order chi connectivity index (χ0) is 23.7. The van der Waals surface area contributed by atoms with E-state index in [-0.39, 0.29) is 49.2 Å². The highest BCUT2D eigenvalue weighted by Gasteiger charge is 2.34. The van der Waals surface area contributed by atoms with E-state index in [1.54, 1.807) is 15.6 Å². The van der Waals surface area contributed by atoms with Gasteiger partial charge in [0.05, 0.1) is 17.9 Å². The molecule has 0 aromatic carbocycles. The molecule has 2 N–H and O–H groups in total. The predicted octanol–water partition coefficient (Wildman–Crippen LogP) is 1.40. The summed E-state index contributed by atoms with van der Waals surface area (Å²) in [5.74, 6) is -0.550. The molecule has 2 saturated heterocycles. The summed E-state index contributed by atoms with van der Waals surface area (Å²) in [6, 6.07) is 1.37. The van der Waals surface area contributed by atoms with Crippen LogP contribution in [0.2, 0.25) is 0 Å². The zero-order valence-electron chi connectivity index (χ0n) is 19.0. The van der Waals surface area contributed by atoms with Crippen LogP contribution in [0.1, 0.15) is 73.5 Å². The highest BCUT2D eigenvalue weighted by atomic mass is 16.2. The molecular weight excluding hydrogens is 438 g/mol. The number of hydrogen-bond acceptors (Lipinski definition) is 6. The Morgan fingerprint density at radius 3 is 2.76 bits per heavy atom. The molecule has 3 aliphatic rings. The predicted molar refractivity (Wildman–Crippen MR) is 121 cm³/mol. The van der Waals surface area contributed by atoms with Crippen LogP contribution in [0.3, 0.4) is 0 Å². The van der Waals surface area contributed by atoms with Gasteiger partial charge in [0.1, 0.15) is 5.56 Å². The first-order chi connectivity index (χ1) is 16.5. The average Bonchev–Trinajstić information content (AvgIpc) is 3.58. The van der Waals surface area contributed by atoms with Crippen LogP contribution in [0, 0.1) is 0 Å². The van der Waals surface area contributed by atoms with E-state index in [1.165, 1.54) is 6.20 Å². The normalized spacial score (nSPS) is 21.4. The summed E-state index contributed by atoms with van der Waals surface area (Å²) in [4.78, 5) is 57.2. The van der Waals surface area contributed by atoms with E-state index in [1.807, 2.05) is 6.07 Å². The Balaban J connectivity index is 1.32. The van der Waals surface area contributed by atoms with Crippen molar-refractivity contribution >= 4 is 29.4 Å². The number of urea groups is 1. The van der Waals surface area contributed by atoms with Crippen molar-refractivity contribution in [2.45, 2.75) is 63.5 Å². The van der Waals surface area contributed by atoms with E-state index in [0.29, 0.717) is 24.3 Å². The van der Waals surface area contributed by atoms with Crippen LogP contribution < -0.4 is 10.6 Å². The van der Waals surface area contributed by atoms with Crippen molar-refractivity contribution in [1.82, 2.24) is 35.0 Å². The molecule has 2 aliphatic heterocycles. The number of rotatable bonds is 6. The number of carbonyl (C=O) groups is 4. The average molecular weight is 468 g/mol. The Labute approximate surface area is 196 Å². The molecule has 5 rings (SSSR count). The quantitative estimate of drug-likeness (QED) is 0.661. The molecule has 4 heterocycles. The van der Waals surface area contributed by atoms with Gasteiger partial charge in [0, 0.05) is 44.7 Å². The minimum Gasteiger partial charge on any atom is -0.349 e. The maximum absolute atomic E-state index is 13.1. The van der Waals surface area contributed by atoms with Gasteiger partial charge in [-0.05, 0) is 31.7 Å². The Morgan fingerprint density at radius 1 is 1.15 bits per heavy atom. The monoisotopic (exact) mass is 467 g/mol. The second-order valence-electron chi connectivity index (χ2n) is 9.14. The van der Waals surface area contributed by atoms with Gasteiger partial charge < -0.3 is 15.5 Å². The number of nitrogens with zero attached hydrogens (tertiary/aromatic N) is 5. The smallest absolute Gasteiger partial charge is 0.324 e. The van der Waals surface area contributed by atoms with Crippen molar-refractivity contribution in [2.75, 3.05) is 19.6 Å². The van der Waals surface area contributed by atoms with Crippen LogP contribution in [-0.2, 0) is 9.59 Å². The Hall–Kier alpha value is -3.50. The first-order valence-corrected chi connectivity index (χ1v) is 12.0. The fourth-order valence-electron chi connectivity index (χ4n) is 5.23. The van der Waals surface area contributed by atoms with E-state index >= 15 is 0 Å². The number of fused-ring (bicyclic) bond motifs is 1. The van der Waals surface area contributed by atoms with Crippen LogP contribution in [0.5, 0.6) is 0 Å². The minimum absolute atomic E-state index is 0.0612. The Bertz CT molecular complexity index is 1110. The van der Waals surface area contributed by atoms with Crippen molar-refractivity contribution in [3.8, 4) is 0 Å². The molecule has 180 valence electrons. The molecule has 11 heteroatoms. The van der Waals surface area contributed by atoms with Crippen LogP contribution >= 0.6 is 0 Å². The summed E-state index contributed by atoms with van der Waals surface area (Å²) in [7, 11) is 0. The van der Waals surface area contributed by atoms with E-state index in [4.69, 9.17) is 0 Å². The summed E-state index contributed by atoms with van der Waals surface area (Å²) < 4.78 is 1.65. The van der Waals surface area contributed by atoms with Gasteiger partial charge in [0.2, 0.25) is 11.8 Å². The van der Waals surface area contributed by atoms with Gasteiger partial charge in [-0.1, -0.05) is 12.8 Å². The number of aromatic nitrogens is 3. The molecule has 0 radical (unpaired) electrons. The number of amides is 5. The summed E-state index contributed by atoms with van der Waals surface area (Å²) in [6.45, 7) is 0.981. The summed E-state index contributed by atoms with van der Waals surface area (Å²) >= 11 is 0. The molecule has 2 aromatic rings. The molecule has 1 saturated carbocycles. The fraction of sp³-hybridized carbons (Fsp3) is 0.565. The summed E-state index contributed by atoms with van der Waals surface area (Å²) in [5.41, 5.74) is 1.70. The minimum atomic E-state index is -0.446. The lowest BCUT2D eigenvalue weighted by Crippen LogP contribution is -2.50. The number of hydrogen-bond donors (Lipinski definition) is 2. The maximum atomic E-state index is 13.1. The molecule has 0 bridgehead atoms. The van der Waals surface area contributed by atoms with Crippen LogP contribution in [0.4, 0.5) is 4.79 Å². The fourth-order valence-corrected chi connectivity index (χ4v) is 5.23. The van der Waals surface area contributed by atoms with Gasteiger partial charge in [0.15, 0.2) is 5.65 Å². The first kappa shape index (κ1) is 22.3. The number of carbonyl (C=O) groups excluding carboxylic acids is 4. The standard InChI is InChI=1S/C23H29N7O4/c31-19-8-11-25-23(34)29(19)13-9-20(32)28-12-3-6-17(28)18-7-10-24-21-16(14-26-30(18)21)22(33)27-15-4-1-2-5-15/h7,10,14-15,17H,1-6,8-9,11-13H2,(H,25,34)(H,27,33). The number of nitrogens with one attached hydrogen (secondary N) is 2. The molecule has 1 aliphatic carbocycles. The molecule has 34 heavy (non-hydrogen) atoms. The maximum Gasteiger partial charge on any atom is 0.324 e. The molecular formula is C23H29N7O4. The van der Waals surface area contributed by atoms with Crippen molar-refractivity contribution in [2.24, 2.45) is 0 Å². The topological polar surface area (TPSA) is 129 Å². The van der Waals surface area contributed by atoms with Gasteiger partial charge in [0.25, 0.3) is 5.91 Å². The molecule has 1 unspecified atom stereocenters. The van der Waals surface area contributed by atoms with E-state index in [9.17, 15) is 19.2 Å². The highest BCUT2D eigenvalue weighted by molar-refractivity contribution is 6.00.